The molecule has 0 saturated carbocycles. The average Bonchev–Trinajstić information content (AvgIpc) is 3.22. The quantitative estimate of drug-likeness (QED) is 0.523. The summed E-state index contributed by atoms with van der Waals surface area (Å²) in [6, 6.07) is 0. The van der Waals surface area contributed by atoms with E-state index in [0.717, 1.165) is 0 Å². The number of aromatic nitrogens is 4. The summed E-state index contributed by atoms with van der Waals surface area (Å²) in [6.07, 6.45) is 1.46. The largest absolute Gasteiger partial charge is 0.452 e. The Kier molecular flexibility index (Phi) is 5.64. The first-order valence-corrected chi connectivity index (χ1v) is 8.42. The van der Waals surface area contributed by atoms with Crippen molar-refractivity contribution in [3.63, 3.8) is 0 Å². The number of nitrogens with one attached hydrogen (secondary N) is 1. The second-order valence-corrected chi connectivity index (χ2v) is 6.12. The molecule has 1 aliphatic heterocycles. The monoisotopic (exact) mass is 383 g/mol. The number of esters is 1. The van der Waals surface area contributed by atoms with Crippen LogP contribution in [0.25, 0.3) is 11.2 Å². The summed E-state index contributed by atoms with van der Waals surface area (Å²) in [5, 5.41) is 11.7. The van der Waals surface area contributed by atoms with Crippen molar-refractivity contribution >= 4 is 40.5 Å². The second-order valence-electron chi connectivity index (χ2n) is 5.79. The van der Waals surface area contributed by atoms with Gasteiger partial charge in [0.25, 0.3) is 5.91 Å². The zero-order valence-electron chi connectivity index (χ0n) is 14.0. The van der Waals surface area contributed by atoms with Crippen LogP contribution in [0.3, 0.4) is 0 Å². The summed E-state index contributed by atoms with van der Waals surface area (Å²) in [7, 11) is 1.52. The number of hydrogen-bond donors (Lipinski definition) is 2. The molecule has 10 nitrogen and oxygen atoms in total. The molecule has 0 radical (unpaired) electrons. The molecule has 1 amide bonds. The maximum absolute atomic E-state index is 12.2. The molecule has 2 aromatic rings. The van der Waals surface area contributed by atoms with Gasteiger partial charge < -0.3 is 24.5 Å². The minimum Gasteiger partial charge on any atom is -0.452 e. The van der Waals surface area contributed by atoms with Crippen LogP contribution in [0.2, 0.25) is 5.28 Å². The molecule has 11 heteroatoms. The highest BCUT2D eigenvalue weighted by atomic mass is 35.5. The molecule has 0 aromatic carbocycles. The fourth-order valence-corrected chi connectivity index (χ4v) is 2.81. The van der Waals surface area contributed by atoms with Crippen molar-refractivity contribution in [1.82, 2.24) is 19.5 Å². The van der Waals surface area contributed by atoms with Crippen LogP contribution in [-0.2, 0) is 25.6 Å². The molecule has 1 fully saturated rings. The van der Waals surface area contributed by atoms with Crippen LogP contribution in [0.15, 0.2) is 6.33 Å². The summed E-state index contributed by atoms with van der Waals surface area (Å²) < 4.78 is 11.8. The number of aryl methyl sites for hydroxylation is 1. The third-order valence-corrected chi connectivity index (χ3v) is 4.25. The Balaban J connectivity index is 1.80. The first-order valence-electron chi connectivity index (χ1n) is 8.04. The molecular weight excluding hydrogens is 366 g/mol. The maximum Gasteiger partial charge on any atom is 0.306 e. The lowest BCUT2D eigenvalue weighted by atomic mass is 10.2. The molecule has 2 atom stereocenters. The molecule has 0 spiro atoms. The molecule has 140 valence electrons. The van der Waals surface area contributed by atoms with Gasteiger partial charge in [-0.1, -0.05) is 0 Å². The van der Waals surface area contributed by atoms with Gasteiger partial charge in [0, 0.05) is 26.5 Å². The predicted octanol–water partition coefficient (Wildman–Crippen LogP) is 0.521. The smallest absolute Gasteiger partial charge is 0.306 e. The molecule has 2 unspecified atom stereocenters. The Labute approximate surface area is 153 Å². The Morgan fingerprint density at radius 2 is 2.38 bits per heavy atom. The second kappa shape index (κ2) is 7.94. The summed E-state index contributed by atoms with van der Waals surface area (Å²) >= 11 is 5.97. The predicted molar refractivity (Wildman–Crippen MR) is 90.6 cm³/mol. The van der Waals surface area contributed by atoms with Gasteiger partial charge in [0.2, 0.25) is 5.28 Å². The van der Waals surface area contributed by atoms with E-state index in [2.05, 4.69) is 20.3 Å². The van der Waals surface area contributed by atoms with E-state index >= 15 is 0 Å². The number of imidazole rings is 1. The number of aliphatic hydroxyl groups is 1. The lowest BCUT2D eigenvalue weighted by molar-refractivity contribution is -0.146. The topological polar surface area (TPSA) is 128 Å². The van der Waals surface area contributed by atoms with E-state index in [1.165, 1.54) is 7.11 Å². The molecule has 1 aliphatic rings. The lowest BCUT2D eigenvalue weighted by Gasteiger charge is -2.13. The van der Waals surface area contributed by atoms with Crippen molar-refractivity contribution in [2.45, 2.75) is 38.0 Å². The van der Waals surface area contributed by atoms with Crippen molar-refractivity contribution in [3.8, 4) is 0 Å². The molecular formula is C15H18ClN5O5. The Morgan fingerprint density at radius 1 is 1.58 bits per heavy atom. The number of cyclic esters (lactones) is 1. The molecule has 3 rings (SSSR count). The fraction of sp³-hybridized carbons (Fsp3) is 0.533. The van der Waals surface area contributed by atoms with Gasteiger partial charge in [0.15, 0.2) is 23.1 Å². The number of halogens is 1. The number of anilines is 1. The molecule has 0 aliphatic carbocycles. The minimum absolute atomic E-state index is 0.0524. The van der Waals surface area contributed by atoms with Gasteiger partial charge >= 0.3 is 5.97 Å². The number of nitrogens with zero attached hydrogens (tertiary/aromatic N) is 4. The van der Waals surface area contributed by atoms with Gasteiger partial charge in [0.05, 0.1) is 19.0 Å². The highest BCUT2D eigenvalue weighted by molar-refractivity contribution is 6.28. The summed E-state index contributed by atoms with van der Waals surface area (Å²) in [5.74, 6) is -0.741. The van der Waals surface area contributed by atoms with Crippen LogP contribution in [0.4, 0.5) is 5.82 Å². The summed E-state index contributed by atoms with van der Waals surface area (Å²) in [4.78, 5) is 35.8. The molecule has 1 saturated heterocycles. The normalized spacial score (nSPS) is 18.1. The third-order valence-electron chi connectivity index (χ3n) is 4.08. The van der Waals surface area contributed by atoms with Crippen molar-refractivity contribution in [2.24, 2.45) is 0 Å². The number of ether oxygens (including phenoxy) is 2. The van der Waals surface area contributed by atoms with E-state index in [1.807, 2.05) is 0 Å². The maximum atomic E-state index is 12.2. The van der Waals surface area contributed by atoms with Crippen molar-refractivity contribution < 1.29 is 24.2 Å². The zero-order chi connectivity index (χ0) is 18.7. The van der Waals surface area contributed by atoms with Crippen LogP contribution in [0.5, 0.6) is 0 Å². The first-order chi connectivity index (χ1) is 12.5. The van der Waals surface area contributed by atoms with E-state index in [0.29, 0.717) is 30.6 Å². The van der Waals surface area contributed by atoms with Crippen molar-refractivity contribution in [3.05, 3.63) is 11.6 Å². The highest BCUT2D eigenvalue weighted by Crippen LogP contribution is 2.23. The van der Waals surface area contributed by atoms with Gasteiger partial charge in [-0.05, 0) is 18.0 Å². The van der Waals surface area contributed by atoms with Crippen LogP contribution in [0.1, 0.15) is 19.3 Å². The van der Waals surface area contributed by atoms with Gasteiger partial charge in [-0.3, -0.25) is 9.59 Å². The Hall–Kier alpha value is -2.30. The standard InChI is InChI=1S/C15H18ClN5O5/c1-25-8(6-22)4-5-21-7-17-11-12(19-15(16)20-13(11)21)18-14(24)9-2-3-10(23)26-9/h7-9,22H,2-6H2,1H3,(H,18,19,20,24). The van der Waals surface area contributed by atoms with Gasteiger partial charge in [0.1, 0.15) is 0 Å². The molecule has 0 bridgehead atoms. The van der Waals surface area contributed by atoms with Gasteiger partial charge in [-0.25, -0.2) is 4.98 Å². The van der Waals surface area contributed by atoms with E-state index in [-0.39, 0.29) is 30.2 Å². The van der Waals surface area contributed by atoms with E-state index in [4.69, 9.17) is 21.1 Å². The van der Waals surface area contributed by atoms with E-state index < -0.39 is 18.0 Å². The number of rotatable bonds is 7. The van der Waals surface area contributed by atoms with Crippen LogP contribution >= 0.6 is 11.6 Å². The number of methoxy groups -OCH3 is 1. The summed E-state index contributed by atoms with van der Waals surface area (Å²) in [6.45, 7) is 0.386. The lowest BCUT2D eigenvalue weighted by Crippen LogP contribution is -2.28. The van der Waals surface area contributed by atoms with Crippen molar-refractivity contribution in [1.29, 1.82) is 0 Å². The van der Waals surface area contributed by atoms with E-state index in [1.54, 1.807) is 10.9 Å². The zero-order valence-corrected chi connectivity index (χ0v) is 14.8. The average molecular weight is 384 g/mol. The van der Waals surface area contributed by atoms with Gasteiger partial charge in [-0.15, -0.1) is 0 Å². The molecule has 2 aromatic heterocycles. The summed E-state index contributed by atoms with van der Waals surface area (Å²) in [5.41, 5.74) is 0.807. The highest BCUT2D eigenvalue weighted by Gasteiger charge is 2.30. The molecule has 26 heavy (non-hydrogen) atoms. The van der Waals surface area contributed by atoms with Crippen molar-refractivity contribution in [2.75, 3.05) is 19.0 Å². The SMILES string of the molecule is COC(CO)CCn1cnc2c(NC(=O)C3CCC(=O)O3)nc(Cl)nc21. The molecule has 2 N–H and O–H groups in total. The number of aliphatic hydroxyl groups excluding tert-OH is 1. The number of fused-ring (bicyclic) bond motifs is 1. The van der Waals surface area contributed by atoms with Crippen LogP contribution in [0, 0.1) is 0 Å². The number of carbonyl (C=O) groups is 2. The number of amides is 1. The Bertz CT molecular complexity index is 822. The third kappa shape index (κ3) is 3.92. The first kappa shape index (κ1) is 18.5. The van der Waals surface area contributed by atoms with E-state index in [9.17, 15) is 14.7 Å². The fourth-order valence-electron chi connectivity index (χ4n) is 2.64. The Morgan fingerprint density at radius 3 is 3.04 bits per heavy atom. The minimum atomic E-state index is -0.847. The number of hydrogen-bond acceptors (Lipinski definition) is 8. The molecule has 3 heterocycles. The number of carbonyl (C=O) groups excluding carboxylic acids is 2. The van der Waals surface area contributed by atoms with Gasteiger partial charge in [-0.2, -0.15) is 9.97 Å². The van der Waals surface area contributed by atoms with Crippen LogP contribution in [-0.4, -0.2) is 62.4 Å². The van der Waals surface area contributed by atoms with Crippen LogP contribution < -0.4 is 5.32 Å².